The van der Waals surface area contributed by atoms with Crippen LogP contribution in [0.5, 0.6) is 0 Å². The second-order valence-corrected chi connectivity index (χ2v) is 7.76. The fraction of sp³-hybridized carbons (Fsp3) is 0.375. The third kappa shape index (κ3) is 3.82. The summed E-state index contributed by atoms with van der Waals surface area (Å²) in [5.41, 5.74) is 1.23. The summed E-state index contributed by atoms with van der Waals surface area (Å²) in [6.45, 7) is 0.234. The lowest BCUT2D eigenvalue weighted by molar-refractivity contribution is 0.545. The number of hydrogen-bond acceptors (Lipinski definition) is 4. The molecule has 1 aliphatic rings. The number of aromatic amines is 1. The van der Waals surface area contributed by atoms with Crippen LogP contribution >= 0.6 is 0 Å². The summed E-state index contributed by atoms with van der Waals surface area (Å²) in [6.07, 6.45) is 3.29. The van der Waals surface area contributed by atoms with Crippen molar-refractivity contribution in [2.24, 2.45) is 0 Å². The third-order valence-corrected chi connectivity index (χ3v) is 5.63. The number of nitrogens with one attached hydrogen (secondary N) is 2. The Hall–Kier alpha value is -2.19. The molecule has 1 aliphatic carbocycles. The highest BCUT2D eigenvalue weighted by molar-refractivity contribution is 7.89. The molecule has 0 saturated carbocycles. The summed E-state index contributed by atoms with van der Waals surface area (Å²) in [4.78, 5) is 24.7. The Morgan fingerprint density at radius 1 is 1.21 bits per heavy atom. The van der Waals surface area contributed by atoms with E-state index in [9.17, 15) is 18.0 Å². The van der Waals surface area contributed by atoms with Gasteiger partial charge in [-0.2, -0.15) is 0 Å². The van der Waals surface area contributed by atoms with Crippen molar-refractivity contribution < 1.29 is 8.42 Å². The van der Waals surface area contributed by atoms with Crippen LogP contribution < -0.4 is 16.0 Å². The molecule has 1 heterocycles. The lowest BCUT2D eigenvalue weighted by Gasteiger charge is -2.14. The zero-order chi connectivity index (χ0) is 17.2. The molecular formula is C16H19N3O4S. The molecule has 8 heteroatoms. The molecule has 0 spiro atoms. The van der Waals surface area contributed by atoms with Gasteiger partial charge in [-0.1, -0.05) is 24.3 Å². The molecule has 3 rings (SSSR count). The first-order chi connectivity index (χ1) is 11.4. The average molecular weight is 349 g/mol. The molecule has 128 valence electrons. The van der Waals surface area contributed by atoms with E-state index in [1.807, 2.05) is 24.3 Å². The largest absolute Gasteiger partial charge is 0.328 e. The molecule has 0 amide bonds. The van der Waals surface area contributed by atoms with E-state index in [1.54, 1.807) is 0 Å². The number of aryl methyl sites for hydroxylation is 2. The first-order valence-electron chi connectivity index (χ1n) is 7.82. The van der Waals surface area contributed by atoms with Crippen LogP contribution in [0.4, 0.5) is 0 Å². The van der Waals surface area contributed by atoms with Gasteiger partial charge in [0.25, 0.3) is 5.56 Å². The monoisotopic (exact) mass is 349 g/mol. The molecule has 0 unspecified atom stereocenters. The topological polar surface area (TPSA) is 101 Å². The Morgan fingerprint density at radius 2 is 2.00 bits per heavy atom. The standard InChI is InChI=1S/C16H19N3O4S/c20-15-8-10-19(16(21)17-15)9-3-11-24(22,23)18-14-7-6-12-4-1-2-5-13(12)14/h1-2,4-5,8,10,14,18H,3,6-7,9,11H2,(H,17,20,21)/t14-/m0/s1. The smallest absolute Gasteiger partial charge is 0.301 e. The molecule has 0 bridgehead atoms. The van der Waals surface area contributed by atoms with E-state index in [1.165, 1.54) is 22.4 Å². The maximum atomic E-state index is 12.3. The van der Waals surface area contributed by atoms with Crippen molar-refractivity contribution in [1.82, 2.24) is 14.3 Å². The zero-order valence-corrected chi connectivity index (χ0v) is 13.9. The first kappa shape index (κ1) is 16.7. The Kier molecular flexibility index (Phi) is 4.68. The number of H-pyrrole nitrogens is 1. The molecule has 24 heavy (non-hydrogen) atoms. The molecular weight excluding hydrogens is 330 g/mol. The van der Waals surface area contributed by atoms with E-state index < -0.39 is 21.3 Å². The van der Waals surface area contributed by atoms with E-state index in [0.717, 1.165) is 18.4 Å². The van der Waals surface area contributed by atoms with Crippen LogP contribution in [0, 0.1) is 0 Å². The Balaban J connectivity index is 1.59. The summed E-state index contributed by atoms with van der Waals surface area (Å²) in [5, 5.41) is 0. The number of aromatic nitrogens is 2. The third-order valence-electron chi connectivity index (χ3n) is 4.16. The van der Waals surface area contributed by atoms with Crippen LogP contribution in [-0.4, -0.2) is 23.7 Å². The summed E-state index contributed by atoms with van der Waals surface area (Å²) in [6, 6.07) is 8.90. The quantitative estimate of drug-likeness (QED) is 0.794. The van der Waals surface area contributed by atoms with E-state index in [2.05, 4.69) is 9.71 Å². The first-order valence-corrected chi connectivity index (χ1v) is 9.47. The molecule has 0 saturated heterocycles. The van der Waals surface area contributed by atoms with E-state index in [-0.39, 0.29) is 24.8 Å². The van der Waals surface area contributed by atoms with Gasteiger partial charge < -0.3 is 4.57 Å². The average Bonchev–Trinajstić information content (AvgIpc) is 2.92. The molecule has 0 radical (unpaired) electrons. The number of hydrogen-bond donors (Lipinski definition) is 2. The summed E-state index contributed by atoms with van der Waals surface area (Å²) in [5.74, 6) is -0.0722. The minimum Gasteiger partial charge on any atom is -0.301 e. The van der Waals surface area contributed by atoms with E-state index in [0.29, 0.717) is 0 Å². The van der Waals surface area contributed by atoms with Crippen molar-refractivity contribution in [3.63, 3.8) is 0 Å². The number of fused-ring (bicyclic) bond motifs is 1. The van der Waals surface area contributed by atoms with Gasteiger partial charge in [0, 0.05) is 24.8 Å². The normalized spacial score (nSPS) is 16.9. The van der Waals surface area contributed by atoms with Crippen molar-refractivity contribution in [2.45, 2.75) is 31.8 Å². The second kappa shape index (κ2) is 6.74. The lowest BCUT2D eigenvalue weighted by atomic mass is 10.1. The van der Waals surface area contributed by atoms with E-state index >= 15 is 0 Å². The molecule has 2 N–H and O–H groups in total. The van der Waals surface area contributed by atoms with Gasteiger partial charge >= 0.3 is 5.69 Å². The van der Waals surface area contributed by atoms with Gasteiger partial charge in [-0.05, 0) is 30.4 Å². The van der Waals surface area contributed by atoms with E-state index in [4.69, 9.17) is 0 Å². The fourth-order valence-corrected chi connectivity index (χ4v) is 4.31. The summed E-state index contributed by atoms with van der Waals surface area (Å²) >= 11 is 0. The van der Waals surface area contributed by atoms with Crippen LogP contribution in [0.15, 0.2) is 46.1 Å². The van der Waals surface area contributed by atoms with Gasteiger partial charge in [-0.15, -0.1) is 0 Å². The molecule has 1 aromatic carbocycles. The Labute approximate surface area is 139 Å². The number of sulfonamides is 1. The van der Waals surface area contributed by atoms with Gasteiger partial charge in [-0.3, -0.25) is 9.78 Å². The molecule has 2 aromatic rings. The number of benzene rings is 1. The summed E-state index contributed by atoms with van der Waals surface area (Å²) < 4.78 is 28.6. The Bertz CT molecular complexity index is 946. The predicted octanol–water partition coefficient (Wildman–Crippen LogP) is 0.534. The van der Waals surface area contributed by atoms with Crippen molar-refractivity contribution in [3.05, 3.63) is 68.5 Å². The van der Waals surface area contributed by atoms with Gasteiger partial charge in [-0.25, -0.2) is 17.9 Å². The predicted molar refractivity (Wildman–Crippen MR) is 90.4 cm³/mol. The highest BCUT2D eigenvalue weighted by Gasteiger charge is 2.25. The summed E-state index contributed by atoms with van der Waals surface area (Å²) in [7, 11) is -3.44. The van der Waals surface area contributed by atoms with Crippen molar-refractivity contribution >= 4 is 10.0 Å². The van der Waals surface area contributed by atoms with Crippen LogP contribution in [0.1, 0.15) is 30.0 Å². The van der Waals surface area contributed by atoms with Crippen molar-refractivity contribution in [1.29, 1.82) is 0 Å². The van der Waals surface area contributed by atoms with Crippen LogP contribution in [0.2, 0.25) is 0 Å². The lowest BCUT2D eigenvalue weighted by Crippen LogP contribution is -2.32. The van der Waals surface area contributed by atoms with Gasteiger partial charge in [0.2, 0.25) is 10.0 Å². The fourth-order valence-electron chi connectivity index (χ4n) is 3.00. The van der Waals surface area contributed by atoms with Gasteiger partial charge in [0.1, 0.15) is 0 Å². The maximum Gasteiger partial charge on any atom is 0.328 e. The molecule has 0 fully saturated rings. The number of nitrogens with zero attached hydrogens (tertiary/aromatic N) is 1. The second-order valence-electron chi connectivity index (χ2n) is 5.88. The Morgan fingerprint density at radius 3 is 2.79 bits per heavy atom. The van der Waals surface area contributed by atoms with Gasteiger partial charge in [0.05, 0.1) is 5.75 Å². The molecule has 0 aliphatic heterocycles. The van der Waals surface area contributed by atoms with Gasteiger partial charge in [0.15, 0.2) is 0 Å². The zero-order valence-electron chi connectivity index (χ0n) is 13.1. The molecule has 1 atom stereocenters. The van der Waals surface area contributed by atoms with Crippen LogP contribution in [-0.2, 0) is 23.0 Å². The van der Waals surface area contributed by atoms with Crippen LogP contribution in [0.3, 0.4) is 0 Å². The van der Waals surface area contributed by atoms with Crippen LogP contribution in [0.25, 0.3) is 0 Å². The highest BCUT2D eigenvalue weighted by atomic mass is 32.2. The van der Waals surface area contributed by atoms with Crippen molar-refractivity contribution in [2.75, 3.05) is 5.75 Å². The molecule has 7 nitrogen and oxygen atoms in total. The molecule has 1 aromatic heterocycles. The highest BCUT2D eigenvalue weighted by Crippen LogP contribution is 2.31. The SMILES string of the molecule is O=c1ccn(CCCS(=O)(=O)N[C@H]2CCc3ccccc32)c(=O)[nH]1. The maximum absolute atomic E-state index is 12.3. The minimum absolute atomic E-state index is 0.0722. The number of rotatable bonds is 6. The minimum atomic E-state index is -3.44. The van der Waals surface area contributed by atoms with Crippen molar-refractivity contribution in [3.8, 4) is 0 Å².